The minimum Gasteiger partial charge on any atom is -0.179 e. The molecule has 0 N–H and O–H groups in total. The van der Waals surface area contributed by atoms with Crippen LogP contribution < -0.4 is 0 Å². The second-order valence-corrected chi connectivity index (χ2v) is 5.84. The Hall–Kier alpha value is 1.40. The third-order valence-corrected chi connectivity index (χ3v) is 5.31. The monoisotopic (exact) mass is 242 g/mol. The maximum Gasteiger partial charge on any atom is 0.0226 e. The molecule has 1 unspecified atom stereocenters. The molecule has 0 amide bonds. The highest BCUT2D eigenvalue weighted by molar-refractivity contribution is 8.04. The maximum absolute atomic E-state index is 4.33. The van der Waals surface area contributed by atoms with Crippen molar-refractivity contribution in [3.05, 3.63) is 0 Å². The molecular formula is C8H18S4. The van der Waals surface area contributed by atoms with E-state index in [0.29, 0.717) is 0 Å². The Bertz CT molecular complexity index is 87.1. The van der Waals surface area contributed by atoms with Gasteiger partial charge < -0.3 is 0 Å². The van der Waals surface area contributed by atoms with Crippen LogP contribution in [0.15, 0.2) is 0 Å². The fourth-order valence-corrected chi connectivity index (χ4v) is 3.72. The van der Waals surface area contributed by atoms with Gasteiger partial charge in [-0.25, -0.2) is 0 Å². The first kappa shape index (κ1) is 13.4. The lowest BCUT2D eigenvalue weighted by molar-refractivity contribution is 1.09. The fourth-order valence-electron chi connectivity index (χ4n) is 0.732. The van der Waals surface area contributed by atoms with Crippen LogP contribution in [0.25, 0.3) is 0 Å². The van der Waals surface area contributed by atoms with Gasteiger partial charge in [-0.1, -0.05) is 6.92 Å². The minimum atomic E-state index is 0.719. The van der Waals surface area contributed by atoms with E-state index in [1.165, 1.54) is 17.9 Å². The molecule has 0 aromatic rings. The van der Waals surface area contributed by atoms with Crippen molar-refractivity contribution >= 4 is 48.8 Å². The largest absolute Gasteiger partial charge is 0.179 e. The summed E-state index contributed by atoms with van der Waals surface area (Å²) in [5, 5.41) is 0.719. The summed E-state index contributed by atoms with van der Waals surface area (Å²) < 4.78 is 0. The van der Waals surface area contributed by atoms with Gasteiger partial charge in [-0.05, 0) is 17.9 Å². The highest BCUT2D eigenvalue weighted by Crippen LogP contribution is 2.18. The SMILES string of the molecule is CCCSCC(CS)SCCS. The molecule has 0 aliphatic heterocycles. The Morgan fingerprint density at radius 3 is 2.50 bits per heavy atom. The average Bonchev–Trinajstić information content (AvgIpc) is 2.11. The number of hydrogen-bond acceptors (Lipinski definition) is 4. The summed E-state index contributed by atoms with van der Waals surface area (Å²) in [7, 11) is 0. The van der Waals surface area contributed by atoms with E-state index in [9.17, 15) is 0 Å². The van der Waals surface area contributed by atoms with Gasteiger partial charge in [0.05, 0.1) is 0 Å². The Balaban J connectivity index is 3.26. The van der Waals surface area contributed by atoms with Crippen LogP contribution in [0.2, 0.25) is 0 Å². The van der Waals surface area contributed by atoms with E-state index in [4.69, 9.17) is 0 Å². The Morgan fingerprint density at radius 2 is 2.00 bits per heavy atom. The Morgan fingerprint density at radius 1 is 1.25 bits per heavy atom. The molecule has 0 aromatic heterocycles. The van der Waals surface area contributed by atoms with Crippen LogP contribution in [0.1, 0.15) is 13.3 Å². The number of thiol groups is 2. The summed E-state index contributed by atoms with van der Waals surface area (Å²) in [5.74, 6) is 5.66. The highest BCUT2D eigenvalue weighted by Gasteiger charge is 2.05. The summed E-state index contributed by atoms with van der Waals surface area (Å²) in [6.45, 7) is 2.23. The molecule has 74 valence electrons. The predicted molar refractivity (Wildman–Crippen MR) is 71.6 cm³/mol. The molecule has 0 saturated carbocycles. The van der Waals surface area contributed by atoms with Crippen molar-refractivity contribution in [1.82, 2.24) is 0 Å². The molecule has 0 aromatic carbocycles. The third kappa shape index (κ3) is 8.02. The van der Waals surface area contributed by atoms with E-state index in [2.05, 4.69) is 32.2 Å². The molecule has 0 nitrogen and oxygen atoms in total. The van der Waals surface area contributed by atoms with E-state index in [0.717, 1.165) is 22.5 Å². The van der Waals surface area contributed by atoms with Crippen LogP contribution in [0, 0.1) is 0 Å². The molecule has 0 rings (SSSR count). The number of rotatable bonds is 8. The van der Waals surface area contributed by atoms with Crippen molar-refractivity contribution in [2.24, 2.45) is 0 Å². The Labute approximate surface area is 95.9 Å². The third-order valence-electron chi connectivity index (χ3n) is 1.30. The standard InChI is InChI=1S/C8H18S4/c1-2-4-11-7-8(6-10)12-5-3-9/h8-10H,2-7H2,1H3. The van der Waals surface area contributed by atoms with Gasteiger partial charge in [0.1, 0.15) is 0 Å². The molecule has 1 atom stereocenters. The van der Waals surface area contributed by atoms with Crippen LogP contribution in [-0.4, -0.2) is 34.0 Å². The van der Waals surface area contributed by atoms with Crippen molar-refractivity contribution in [3.63, 3.8) is 0 Å². The highest BCUT2D eigenvalue weighted by atomic mass is 32.2. The van der Waals surface area contributed by atoms with Gasteiger partial charge in [0, 0.05) is 22.5 Å². The van der Waals surface area contributed by atoms with Crippen LogP contribution in [0.4, 0.5) is 0 Å². The molecule has 0 aliphatic rings. The van der Waals surface area contributed by atoms with E-state index < -0.39 is 0 Å². The smallest absolute Gasteiger partial charge is 0.0226 e. The normalized spacial score (nSPS) is 13.2. The topological polar surface area (TPSA) is 0 Å². The zero-order chi connectivity index (χ0) is 9.23. The van der Waals surface area contributed by atoms with Gasteiger partial charge in [-0.3, -0.25) is 0 Å². The van der Waals surface area contributed by atoms with Crippen molar-refractivity contribution in [2.45, 2.75) is 18.6 Å². The molecular weight excluding hydrogens is 224 g/mol. The zero-order valence-corrected chi connectivity index (χ0v) is 11.0. The van der Waals surface area contributed by atoms with Gasteiger partial charge >= 0.3 is 0 Å². The van der Waals surface area contributed by atoms with Gasteiger partial charge in [0.2, 0.25) is 0 Å². The summed E-state index contributed by atoms with van der Waals surface area (Å²) in [4.78, 5) is 0. The average molecular weight is 242 g/mol. The van der Waals surface area contributed by atoms with Crippen LogP contribution >= 0.6 is 48.8 Å². The lowest BCUT2D eigenvalue weighted by Gasteiger charge is -2.12. The molecule has 0 saturated heterocycles. The summed E-state index contributed by atoms with van der Waals surface area (Å²) in [5.41, 5.74) is 0. The predicted octanol–water partition coefficient (Wildman–Crippen LogP) is 3.09. The lowest BCUT2D eigenvalue weighted by Crippen LogP contribution is -2.09. The van der Waals surface area contributed by atoms with Crippen molar-refractivity contribution in [2.75, 3.05) is 28.8 Å². The van der Waals surface area contributed by atoms with Gasteiger partial charge in [-0.15, -0.1) is 0 Å². The first-order chi connectivity index (χ1) is 5.85. The molecule has 4 heteroatoms. The van der Waals surface area contributed by atoms with E-state index >= 15 is 0 Å². The second kappa shape index (κ2) is 10.5. The summed E-state index contributed by atoms with van der Waals surface area (Å²) in [6.07, 6.45) is 1.28. The quantitative estimate of drug-likeness (QED) is 0.496. The van der Waals surface area contributed by atoms with Crippen LogP contribution in [-0.2, 0) is 0 Å². The van der Waals surface area contributed by atoms with Crippen molar-refractivity contribution in [3.8, 4) is 0 Å². The Kier molecular flexibility index (Phi) is 11.7. The van der Waals surface area contributed by atoms with E-state index in [1.807, 2.05) is 23.5 Å². The van der Waals surface area contributed by atoms with Crippen molar-refractivity contribution in [1.29, 1.82) is 0 Å². The van der Waals surface area contributed by atoms with Crippen LogP contribution in [0.3, 0.4) is 0 Å². The lowest BCUT2D eigenvalue weighted by atomic mass is 10.5. The van der Waals surface area contributed by atoms with Gasteiger partial charge in [0.25, 0.3) is 0 Å². The fraction of sp³-hybridized carbons (Fsp3) is 1.00. The first-order valence-electron chi connectivity index (χ1n) is 4.26. The van der Waals surface area contributed by atoms with Crippen LogP contribution in [0.5, 0.6) is 0 Å². The molecule has 0 fully saturated rings. The van der Waals surface area contributed by atoms with E-state index in [1.54, 1.807) is 0 Å². The summed E-state index contributed by atoms with van der Waals surface area (Å²) in [6, 6.07) is 0. The van der Waals surface area contributed by atoms with Gasteiger partial charge in [-0.2, -0.15) is 48.8 Å². The van der Waals surface area contributed by atoms with E-state index in [-0.39, 0.29) is 0 Å². The molecule has 0 aliphatic carbocycles. The number of hydrogen-bond donors (Lipinski definition) is 2. The molecule has 0 heterocycles. The van der Waals surface area contributed by atoms with Crippen molar-refractivity contribution < 1.29 is 0 Å². The minimum absolute atomic E-state index is 0.719. The maximum atomic E-state index is 4.33. The molecule has 0 bridgehead atoms. The molecule has 12 heavy (non-hydrogen) atoms. The first-order valence-corrected chi connectivity index (χ1v) is 7.73. The molecule has 0 spiro atoms. The number of thioether (sulfide) groups is 2. The second-order valence-electron chi connectivity index (χ2n) is 2.47. The van der Waals surface area contributed by atoms with Gasteiger partial charge in [0.15, 0.2) is 0 Å². The molecule has 0 radical (unpaired) electrons. The summed E-state index contributed by atoms with van der Waals surface area (Å²) >= 11 is 12.6. The zero-order valence-electron chi connectivity index (χ0n) is 7.53.